The highest BCUT2D eigenvalue weighted by molar-refractivity contribution is 7.15. The third-order valence-electron chi connectivity index (χ3n) is 4.01. The molecule has 0 bridgehead atoms. The second kappa shape index (κ2) is 6.65. The van der Waals surface area contributed by atoms with E-state index >= 15 is 0 Å². The summed E-state index contributed by atoms with van der Waals surface area (Å²) in [5.41, 5.74) is 7.96. The largest absolute Gasteiger partial charge is 0.366 e. The van der Waals surface area contributed by atoms with Gasteiger partial charge in [0.05, 0.1) is 5.69 Å². The zero-order valence-corrected chi connectivity index (χ0v) is 14.7. The maximum Gasteiger partial charge on any atom is 0.273 e. The first-order chi connectivity index (χ1) is 13.0. The summed E-state index contributed by atoms with van der Waals surface area (Å²) in [6, 6.07) is 12.3. The standard InChI is InChI=1S/C19H13FN4O2S/c20-13-5-1-11(2-6-13)15-9-24-16(10-27-19(24)23-15)18(26)22-14-7-3-12(4-8-14)17(21)25/h1-10H,(H2,21,25)(H,22,26). The van der Waals surface area contributed by atoms with E-state index in [2.05, 4.69) is 10.3 Å². The molecule has 0 radical (unpaired) electrons. The lowest BCUT2D eigenvalue weighted by Crippen LogP contribution is -2.14. The van der Waals surface area contributed by atoms with Gasteiger partial charge in [-0.3, -0.25) is 14.0 Å². The van der Waals surface area contributed by atoms with E-state index in [1.54, 1.807) is 52.4 Å². The lowest BCUT2D eigenvalue weighted by molar-refractivity contribution is 0.0997. The van der Waals surface area contributed by atoms with Gasteiger partial charge in [0.1, 0.15) is 11.5 Å². The average molecular weight is 380 g/mol. The van der Waals surface area contributed by atoms with Gasteiger partial charge in [0.15, 0.2) is 4.96 Å². The molecule has 0 unspecified atom stereocenters. The van der Waals surface area contributed by atoms with Gasteiger partial charge in [-0.1, -0.05) is 0 Å². The summed E-state index contributed by atoms with van der Waals surface area (Å²) in [5, 5.41) is 4.49. The Balaban J connectivity index is 1.60. The van der Waals surface area contributed by atoms with Crippen LogP contribution in [-0.2, 0) is 0 Å². The minimum atomic E-state index is -0.529. The van der Waals surface area contributed by atoms with Crippen LogP contribution in [0.2, 0.25) is 0 Å². The van der Waals surface area contributed by atoms with Crippen molar-refractivity contribution in [3.63, 3.8) is 0 Å². The van der Waals surface area contributed by atoms with Crippen LogP contribution >= 0.6 is 11.3 Å². The number of halogens is 1. The van der Waals surface area contributed by atoms with E-state index in [-0.39, 0.29) is 11.7 Å². The fourth-order valence-corrected chi connectivity index (χ4v) is 3.47. The number of nitrogens with two attached hydrogens (primary N) is 1. The van der Waals surface area contributed by atoms with Crippen molar-refractivity contribution in [2.75, 3.05) is 5.32 Å². The first kappa shape index (κ1) is 16.9. The number of nitrogens with one attached hydrogen (secondary N) is 1. The predicted molar refractivity (Wildman–Crippen MR) is 101 cm³/mol. The molecule has 0 aliphatic heterocycles. The number of fused-ring (bicyclic) bond motifs is 1. The average Bonchev–Trinajstić information content (AvgIpc) is 3.23. The van der Waals surface area contributed by atoms with Crippen LogP contribution in [0.3, 0.4) is 0 Å². The molecule has 0 fully saturated rings. The smallest absolute Gasteiger partial charge is 0.273 e. The van der Waals surface area contributed by atoms with Crippen LogP contribution in [0.5, 0.6) is 0 Å². The van der Waals surface area contributed by atoms with Crippen molar-refractivity contribution in [3.8, 4) is 11.3 Å². The van der Waals surface area contributed by atoms with Gasteiger partial charge in [-0.05, 0) is 48.5 Å². The van der Waals surface area contributed by atoms with Crippen molar-refractivity contribution in [1.29, 1.82) is 0 Å². The van der Waals surface area contributed by atoms with Crippen LogP contribution in [-0.4, -0.2) is 21.2 Å². The number of hydrogen-bond donors (Lipinski definition) is 2. The van der Waals surface area contributed by atoms with Crippen molar-refractivity contribution in [1.82, 2.24) is 9.38 Å². The van der Waals surface area contributed by atoms with Crippen molar-refractivity contribution in [2.24, 2.45) is 5.73 Å². The van der Waals surface area contributed by atoms with E-state index in [9.17, 15) is 14.0 Å². The van der Waals surface area contributed by atoms with Crippen LogP contribution < -0.4 is 11.1 Å². The van der Waals surface area contributed by atoms with Gasteiger partial charge < -0.3 is 11.1 Å². The summed E-state index contributed by atoms with van der Waals surface area (Å²) < 4.78 is 14.8. The second-order valence-corrected chi connectivity index (χ2v) is 6.64. The molecule has 0 aliphatic carbocycles. The number of aromatic nitrogens is 2. The fraction of sp³-hybridized carbons (Fsp3) is 0. The Labute approximate surface area is 157 Å². The maximum atomic E-state index is 13.1. The zero-order valence-electron chi connectivity index (χ0n) is 13.8. The number of nitrogens with zero attached hydrogens (tertiary/aromatic N) is 2. The van der Waals surface area contributed by atoms with E-state index in [1.807, 2.05) is 0 Å². The molecule has 2 aromatic heterocycles. The molecule has 0 saturated heterocycles. The zero-order chi connectivity index (χ0) is 19.0. The third kappa shape index (κ3) is 3.30. The van der Waals surface area contributed by atoms with Crippen molar-refractivity contribution >= 4 is 33.8 Å². The Morgan fingerprint density at radius 2 is 1.78 bits per heavy atom. The first-order valence-corrected chi connectivity index (χ1v) is 8.83. The summed E-state index contributed by atoms with van der Waals surface area (Å²) >= 11 is 1.33. The second-order valence-electron chi connectivity index (χ2n) is 5.80. The lowest BCUT2D eigenvalue weighted by atomic mass is 10.2. The first-order valence-electron chi connectivity index (χ1n) is 7.95. The van der Waals surface area contributed by atoms with Gasteiger partial charge in [-0.2, -0.15) is 0 Å². The molecule has 3 N–H and O–H groups in total. The number of primary amides is 1. The maximum absolute atomic E-state index is 13.1. The molecule has 4 rings (SSSR count). The Morgan fingerprint density at radius 1 is 1.07 bits per heavy atom. The minimum absolute atomic E-state index is 0.309. The molecular weight excluding hydrogens is 367 g/mol. The SMILES string of the molecule is NC(=O)c1ccc(NC(=O)c2csc3nc(-c4ccc(F)cc4)cn23)cc1. The topological polar surface area (TPSA) is 89.5 Å². The van der Waals surface area contributed by atoms with Gasteiger partial charge in [-0.15, -0.1) is 11.3 Å². The number of imidazole rings is 1. The van der Waals surface area contributed by atoms with Crippen molar-refractivity contribution < 1.29 is 14.0 Å². The molecule has 2 heterocycles. The van der Waals surface area contributed by atoms with Crippen molar-refractivity contribution in [3.05, 3.63) is 77.2 Å². The minimum Gasteiger partial charge on any atom is -0.366 e. The Hall–Kier alpha value is -3.52. The van der Waals surface area contributed by atoms with Gasteiger partial charge >= 0.3 is 0 Å². The van der Waals surface area contributed by atoms with Gasteiger partial charge in [0.2, 0.25) is 5.91 Å². The van der Waals surface area contributed by atoms with Crippen molar-refractivity contribution in [2.45, 2.75) is 0 Å². The number of amides is 2. The highest BCUT2D eigenvalue weighted by Gasteiger charge is 2.15. The summed E-state index contributed by atoms with van der Waals surface area (Å²) in [6.45, 7) is 0. The lowest BCUT2D eigenvalue weighted by Gasteiger charge is -2.05. The monoisotopic (exact) mass is 380 g/mol. The quantitative estimate of drug-likeness (QED) is 0.567. The number of rotatable bonds is 4. The number of benzene rings is 2. The molecule has 27 heavy (non-hydrogen) atoms. The Bertz CT molecular complexity index is 1150. The highest BCUT2D eigenvalue weighted by Crippen LogP contribution is 2.24. The normalized spacial score (nSPS) is 10.9. The van der Waals surface area contributed by atoms with E-state index in [0.29, 0.717) is 27.6 Å². The van der Waals surface area contributed by atoms with Gasteiger partial charge in [0, 0.05) is 28.4 Å². The number of carbonyl (C=O) groups is 2. The van der Waals surface area contributed by atoms with Crippen LogP contribution in [0.1, 0.15) is 20.8 Å². The van der Waals surface area contributed by atoms with Crippen LogP contribution in [0.25, 0.3) is 16.2 Å². The van der Waals surface area contributed by atoms with Crippen LogP contribution in [0.4, 0.5) is 10.1 Å². The van der Waals surface area contributed by atoms with Crippen LogP contribution in [0, 0.1) is 5.82 Å². The molecule has 6 nitrogen and oxygen atoms in total. The summed E-state index contributed by atoms with van der Waals surface area (Å²) in [6.07, 6.45) is 1.74. The summed E-state index contributed by atoms with van der Waals surface area (Å²) in [7, 11) is 0. The molecule has 2 amide bonds. The number of hydrogen-bond acceptors (Lipinski definition) is 4. The highest BCUT2D eigenvalue weighted by atomic mass is 32.1. The molecule has 2 aromatic carbocycles. The Morgan fingerprint density at radius 3 is 2.44 bits per heavy atom. The molecular formula is C19H13FN4O2S. The number of thiazole rings is 1. The van der Waals surface area contributed by atoms with E-state index < -0.39 is 5.91 Å². The van der Waals surface area contributed by atoms with Crippen LogP contribution in [0.15, 0.2) is 60.1 Å². The summed E-state index contributed by atoms with van der Waals surface area (Å²) in [5.74, 6) is -1.16. The molecule has 4 aromatic rings. The van der Waals surface area contributed by atoms with E-state index in [0.717, 1.165) is 5.56 Å². The fourth-order valence-electron chi connectivity index (χ4n) is 2.62. The van der Waals surface area contributed by atoms with Gasteiger partial charge in [0.25, 0.3) is 5.91 Å². The number of anilines is 1. The molecule has 8 heteroatoms. The number of carbonyl (C=O) groups excluding carboxylic acids is 2. The summed E-state index contributed by atoms with van der Waals surface area (Å²) in [4.78, 5) is 28.9. The third-order valence-corrected chi connectivity index (χ3v) is 4.85. The Kier molecular flexibility index (Phi) is 4.17. The molecule has 0 saturated carbocycles. The van der Waals surface area contributed by atoms with E-state index in [1.165, 1.54) is 23.5 Å². The van der Waals surface area contributed by atoms with Gasteiger partial charge in [-0.25, -0.2) is 9.37 Å². The predicted octanol–water partition coefficient (Wildman–Crippen LogP) is 3.55. The molecule has 134 valence electrons. The molecule has 0 atom stereocenters. The molecule has 0 aliphatic rings. The molecule has 0 spiro atoms. The van der Waals surface area contributed by atoms with E-state index in [4.69, 9.17) is 5.73 Å².